The summed E-state index contributed by atoms with van der Waals surface area (Å²) in [5, 5.41) is 16.7. The molecular formula is C12H15N5O3. The highest BCUT2D eigenvalue weighted by molar-refractivity contribution is 5.78. The van der Waals surface area contributed by atoms with Gasteiger partial charge >= 0.3 is 0 Å². The van der Waals surface area contributed by atoms with Gasteiger partial charge in [-0.2, -0.15) is 0 Å². The Morgan fingerprint density at radius 1 is 1.45 bits per heavy atom. The maximum absolute atomic E-state index is 11.6. The molecule has 0 aliphatic rings. The normalized spacial score (nSPS) is 9.60. The van der Waals surface area contributed by atoms with Gasteiger partial charge in [0.25, 0.3) is 5.69 Å². The van der Waals surface area contributed by atoms with Crippen molar-refractivity contribution in [2.75, 3.05) is 13.1 Å². The third kappa shape index (κ3) is 5.83. The predicted molar refractivity (Wildman–Crippen MR) is 73.1 cm³/mol. The molecule has 0 radical (unpaired) electrons. The molecule has 0 saturated heterocycles. The Balaban J connectivity index is 2.33. The van der Waals surface area contributed by atoms with E-state index in [9.17, 15) is 14.9 Å². The van der Waals surface area contributed by atoms with E-state index in [0.717, 1.165) is 6.42 Å². The number of carbonyl (C=O) groups is 1. The summed E-state index contributed by atoms with van der Waals surface area (Å²) in [5.41, 5.74) is 8.66. The van der Waals surface area contributed by atoms with Gasteiger partial charge in [0.2, 0.25) is 5.91 Å². The van der Waals surface area contributed by atoms with Gasteiger partial charge in [-0.25, -0.2) is 0 Å². The van der Waals surface area contributed by atoms with Crippen LogP contribution in [0.2, 0.25) is 0 Å². The molecule has 0 aromatic heterocycles. The molecule has 20 heavy (non-hydrogen) atoms. The highest BCUT2D eigenvalue weighted by atomic mass is 16.6. The second kappa shape index (κ2) is 8.49. The zero-order valence-electron chi connectivity index (χ0n) is 10.9. The summed E-state index contributed by atoms with van der Waals surface area (Å²) >= 11 is 0. The molecule has 106 valence electrons. The van der Waals surface area contributed by atoms with Crippen molar-refractivity contribution < 1.29 is 9.72 Å². The Bertz CT molecular complexity index is 526. The molecule has 0 heterocycles. The number of azide groups is 1. The molecule has 0 bridgehead atoms. The van der Waals surface area contributed by atoms with Crippen LogP contribution in [0.4, 0.5) is 5.69 Å². The fourth-order valence-corrected chi connectivity index (χ4v) is 1.61. The van der Waals surface area contributed by atoms with Crippen LogP contribution in [-0.4, -0.2) is 23.9 Å². The summed E-state index contributed by atoms with van der Waals surface area (Å²) in [6.45, 7) is 0.909. The smallest absolute Gasteiger partial charge is 0.269 e. The minimum atomic E-state index is -0.489. The van der Waals surface area contributed by atoms with E-state index in [1.807, 2.05) is 0 Å². The van der Waals surface area contributed by atoms with Gasteiger partial charge in [0.05, 0.1) is 11.3 Å². The number of nitrogens with one attached hydrogen (secondary N) is 1. The van der Waals surface area contributed by atoms with Crippen LogP contribution in [0.3, 0.4) is 0 Å². The molecule has 1 N–H and O–H groups in total. The van der Waals surface area contributed by atoms with Crippen LogP contribution >= 0.6 is 0 Å². The molecule has 8 heteroatoms. The largest absolute Gasteiger partial charge is 0.356 e. The average Bonchev–Trinajstić information content (AvgIpc) is 2.43. The van der Waals surface area contributed by atoms with Gasteiger partial charge in [-0.1, -0.05) is 17.2 Å². The number of hydrogen-bond acceptors (Lipinski definition) is 4. The first-order valence-electron chi connectivity index (χ1n) is 6.14. The van der Waals surface area contributed by atoms with Gasteiger partial charge in [-0.05, 0) is 23.9 Å². The first-order chi connectivity index (χ1) is 9.63. The average molecular weight is 277 g/mol. The number of nitrogens with zero attached hydrogens (tertiary/aromatic N) is 4. The molecule has 0 fully saturated rings. The number of hydrogen-bond donors (Lipinski definition) is 1. The number of unbranched alkanes of at least 4 members (excludes halogenated alkanes) is 1. The molecule has 1 aromatic rings. The summed E-state index contributed by atoms with van der Waals surface area (Å²) in [5.74, 6) is -0.186. The fourth-order valence-electron chi connectivity index (χ4n) is 1.61. The third-order valence-electron chi connectivity index (χ3n) is 2.56. The second-order valence-corrected chi connectivity index (χ2v) is 4.12. The van der Waals surface area contributed by atoms with E-state index in [2.05, 4.69) is 15.3 Å². The van der Waals surface area contributed by atoms with Gasteiger partial charge in [0.15, 0.2) is 0 Å². The van der Waals surface area contributed by atoms with E-state index < -0.39 is 4.92 Å². The minimum absolute atomic E-state index is 0.0235. The quantitative estimate of drug-likeness (QED) is 0.196. The molecule has 0 spiro atoms. The van der Waals surface area contributed by atoms with Crippen LogP contribution in [0.25, 0.3) is 10.4 Å². The monoisotopic (exact) mass is 277 g/mol. The van der Waals surface area contributed by atoms with Crippen molar-refractivity contribution >= 4 is 11.6 Å². The molecule has 1 aromatic carbocycles. The number of nitro benzene ring substituents is 1. The van der Waals surface area contributed by atoms with Crippen molar-refractivity contribution in [3.05, 3.63) is 50.4 Å². The lowest BCUT2D eigenvalue weighted by molar-refractivity contribution is -0.384. The van der Waals surface area contributed by atoms with E-state index in [-0.39, 0.29) is 18.0 Å². The summed E-state index contributed by atoms with van der Waals surface area (Å²) < 4.78 is 0. The van der Waals surface area contributed by atoms with Gasteiger partial charge in [-0.15, -0.1) is 0 Å². The van der Waals surface area contributed by atoms with Crippen LogP contribution in [0.15, 0.2) is 29.4 Å². The predicted octanol–water partition coefficient (Wildman–Crippen LogP) is 2.34. The Morgan fingerprint density at radius 2 is 2.25 bits per heavy atom. The van der Waals surface area contributed by atoms with Crippen LogP contribution in [0.5, 0.6) is 0 Å². The maximum atomic E-state index is 11.6. The van der Waals surface area contributed by atoms with Gasteiger partial charge in [0.1, 0.15) is 0 Å². The van der Waals surface area contributed by atoms with Gasteiger partial charge in [0, 0.05) is 30.1 Å². The van der Waals surface area contributed by atoms with Crippen molar-refractivity contribution in [3.63, 3.8) is 0 Å². The molecule has 0 unspecified atom stereocenters. The number of carbonyl (C=O) groups excluding carboxylic acids is 1. The molecular weight excluding hydrogens is 262 g/mol. The lowest BCUT2D eigenvalue weighted by Gasteiger charge is -2.04. The van der Waals surface area contributed by atoms with E-state index in [4.69, 9.17) is 5.53 Å². The first-order valence-corrected chi connectivity index (χ1v) is 6.14. The summed E-state index contributed by atoms with van der Waals surface area (Å²) in [6.07, 6.45) is 1.54. The standard InChI is InChI=1S/C12H15N5O3/c13-16-15-7-2-1-6-14-12(18)9-10-4-3-5-11(8-10)17(19)20/h3-5,8H,1-2,6-7,9H2,(H,14,18). The number of non-ortho nitro benzene ring substituents is 1. The van der Waals surface area contributed by atoms with Crippen molar-refractivity contribution in [2.45, 2.75) is 19.3 Å². The van der Waals surface area contributed by atoms with Crippen molar-refractivity contribution in [1.82, 2.24) is 5.32 Å². The van der Waals surface area contributed by atoms with Crippen molar-refractivity contribution in [2.24, 2.45) is 5.11 Å². The zero-order valence-corrected chi connectivity index (χ0v) is 10.9. The molecule has 1 rings (SSSR count). The molecule has 1 amide bonds. The van der Waals surface area contributed by atoms with Crippen molar-refractivity contribution in [1.29, 1.82) is 0 Å². The summed E-state index contributed by atoms with van der Waals surface area (Å²) in [4.78, 5) is 24.4. The maximum Gasteiger partial charge on any atom is 0.269 e. The zero-order chi connectivity index (χ0) is 14.8. The Labute approximate surface area is 115 Å². The summed E-state index contributed by atoms with van der Waals surface area (Å²) in [7, 11) is 0. The Morgan fingerprint density at radius 3 is 2.95 bits per heavy atom. The lowest BCUT2D eigenvalue weighted by Crippen LogP contribution is -2.26. The third-order valence-corrected chi connectivity index (χ3v) is 2.56. The van der Waals surface area contributed by atoms with E-state index in [1.54, 1.807) is 12.1 Å². The number of rotatable bonds is 8. The Kier molecular flexibility index (Phi) is 6.56. The molecule has 0 aliphatic heterocycles. The topological polar surface area (TPSA) is 121 Å². The molecule has 0 atom stereocenters. The van der Waals surface area contributed by atoms with E-state index in [0.29, 0.717) is 25.1 Å². The number of benzene rings is 1. The van der Waals surface area contributed by atoms with Gasteiger partial charge < -0.3 is 5.32 Å². The fraction of sp³-hybridized carbons (Fsp3) is 0.417. The Hall–Kier alpha value is -2.60. The van der Waals surface area contributed by atoms with Crippen LogP contribution in [0, 0.1) is 10.1 Å². The lowest BCUT2D eigenvalue weighted by atomic mass is 10.1. The van der Waals surface area contributed by atoms with Crippen LogP contribution in [0.1, 0.15) is 18.4 Å². The van der Waals surface area contributed by atoms with Gasteiger partial charge in [-0.3, -0.25) is 14.9 Å². The first kappa shape index (κ1) is 15.5. The highest BCUT2D eigenvalue weighted by Gasteiger charge is 2.08. The van der Waals surface area contributed by atoms with Crippen LogP contribution in [-0.2, 0) is 11.2 Å². The van der Waals surface area contributed by atoms with Crippen molar-refractivity contribution in [3.8, 4) is 0 Å². The SMILES string of the molecule is [N-]=[N+]=NCCCCNC(=O)Cc1cccc([N+](=O)[O-])c1. The molecule has 0 saturated carbocycles. The summed E-state index contributed by atoms with van der Waals surface area (Å²) in [6, 6.07) is 6.01. The number of amides is 1. The van der Waals surface area contributed by atoms with E-state index in [1.165, 1.54) is 12.1 Å². The molecule has 0 aliphatic carbocycles. The molecule has 8 nitrogen and oxygen atoms in total. The highest BCUT2D eigenvalue weighted by Crippen LogP contribution is 2.13. The van der Waals surface area contributed by atoms with Crippen LogP contribution < -0.4 is 5.32 Å². The van der Waals surface area contributed by atoms with E-state index >= 15 is 0 Å². The second-order valence-electron chi connectivity index (χ2n) is 4.12. The minimum Gasteiger partial charge on any atom is -0.356 e. The number of nitro groups is 1.